The van der Waals surface area contributed by atoms with E-state index in [2.05, 4.69) is 126 Å². The van der Waals surface area contributed by atoms with Crippen LogP contribution in [0.15, 0.2) is 151 Å². The number of hydrogen-bond acceptors (Lipinski definition) is 2. The number of halogens is 24. The van der Waals surface area contributed by atoms with Gasteiger partial charge in [-0.1, -0.05) is 138 Å². The Hall–Kier alpha value is -7.31. The molecule has 8 aromatic carbocycles. The molecular formula is C76H60BF24IrNOP-. The number of rotatable bonds is 8. The van der Waals surface area contributed by atoms with Gasteiger partial charge in [0.15, 0.2) is 0 Å². The average molecular weight is 1690 g/mol. The Morgan fingerprint density at radius 3 is 0.924 bits per heavy atom. The summed E-state index contributed by atoms with van der Waals surface area (Å²) in [5.74, 6) is 0.852. The zero-order valence-electron chi connectivity index (χ0n) is 55.5. The summed E-state index contributed by atoms with van der Waals surface area (Å²) in [4.78, 5) is 4.78. The smallest absolute Gasteiger partial charge is 0.416 e. The van der Waals surface area contributed by atoms with Crippen LogP contribution in [0.4, 0.5) is 105 Å². The second-order valence-corrected chi connectivity index (χ2v) is 28.3. The van der Waals surface area contributed by atoms with Crippen molar-refractivity contribution in [3.63, 3.8) is 0 Å². The number of hydrogen-bond donors (Lipinski definition) is 0. The van der Waals surface area contributed by atoms with Crippen molar-refractivity contribution in [3.05, 3.63) is 266 Å². The quantitative estimate of drug-likeness (QED) is 0.0844. The van der Waals surface area contributed by atoms with E-state index in [9.17, 15) is 105 Å². The summed E-state index contributed by atoms with van der Waals surface area (Å²) in [6.45, 7) is 10.4. The summed E-state index contributed by atoms with van der Waals surface area (Å²) in [6, 6.07) is 19.5. The molecule has 3 aliphatic carbocycles. The van der Waals surface area contributed by atoms with Crippen molar-refractivity contribution in [1.82, 2.24) is 0 Å². The van der Waals surface area contributed by atoms with Gasteiger partial charge in [-0.3, -0.25) is 0 Å². The van der Waals surface area contributed by atoms with Crippen LogP contribution in [0.5, 0.6) is 0 Å². The Morgan fingerprint density at radius 2 is 0.648 bits per heavy atom. The number of alkyl halides is 24. The average Bonchev–Trinajstić information content (AvgIpc) is 1.69. The monoisotopic (exact) mass is 1690 g/mol. The Bertz CT molecular complexity index is 3970. The van der Waals surface area contributed by atoms with Gasteiger partial charge in [-0.05, 0) is 181 Å². The van der Waals surface area contributed by atoms with Gasteiger partial charge in [0.1, 0.15) is 12.8 Å². The molecule has 0 amide bonds. The summed E-state index contributed by atoms with van der Waals surface area (Å²) in [5, 5.41) is 4.45. The zero-order chi connectivity index (χ0) is 76.3. The van der Waals surface area contributed by atoms with Crippen molar-refractivity contribution in [2.45, 2.75) is 134 Å². The first-order valence-corrected chi connectivity index (χ1v) is 33.6. The Morgan fingerprint density at radius 1 is 0.362 bits per heavy atom. The van der Waals surface area contributed by atoms with E-state index in [1.54, 1.807) is 5.56 Å². The van der Waals surface area contributed by atoms with Crippen LogP contribution in [0, 0.1) is 53.4 Å². The molecule has 105 heavy (non-hydrogen) atoms. The van der Waals surface area contributed by atoms with Gasteiger partial charge in [-0.2, -0.15) is 127 Å². The van der Waals surface area contributed by atoms with Crippen LogP contribution < -0.4 is 37.8 Å². The largest absolute Gasteiger partial charge is 0.476 e. The van der Waals surface area contributed by atoms with Gasteiger partial charge < -0.3 is 4.74 Å². The van der Waals surface area contributed by atoms with Crippen LogP contribution in [-0.4, -0.2) is 25.2 Å². The summed E-state index contributed by atoms with van der Waals surface area (Å²) in [7, 11) is -0.726. The molecule has 2 nitrogen and oxygen atoms in total. The molecule has 561 valence electrons. The number of aryl methyl sites for hydroxylation is 6. The standard InChI is InChI=1S/C36H36NOP.C32H12BF24.C8H12.Ir/c1-23-17-24(2)20-29(19-23)39(30-21-25(3)18-26(4)22-30)32-10-6-8-28-12-14-36(34(28)32)13-11-27-7-5-9-31(33(27)36)35-37-15-16-38-35;34-25(35,36)13-1-14(26(37,38)39)6-21(5-13)33(22-7-15(27(40,41)42)2-16(8-22)28(43,44)45,23-9-17(29(46,47)48)3-18(10-23)30(49,50)51)24-11-19(31(52,53)54)4-20(12-24)32(55,56)57;1-2-4-6-8-7-5-3-1;/h5-10,17-22H,11-16H2,1-4H3;1-12H;1-2,7-8H,3-6H2;/q;-1;;. The molecule has 1 fully saturated rings. The minimum absolute atomic E-state index is 0. The molecule has 0 N–H and O–H groups in total. The molecule has 5 radical (unpaired) electrons. The molecule has 0 bridgehead atoms. The van der Waals surface area contributed by atoms with Gasteiger partial charge in [-0.15, -0.1) is 0 Å². The van der Waals surface area contributed by atoms with Crippen molar-refractivity contribution in [1.29, 1.82) is 0 Å². The molecule has 1 atom stereocenters. The predicted octanol–water partition coefficient (Wildman–Crippen LogP) is 20.2. The third-order valence-corrected chi connectivity index (χ3v) is 21.0. The second-order valence-electron chi connectivity index (χ2n) is 26.1. The van der Waals surface area contributed by atoms with Crippen molar-refractivity contribution < 1.29 is 130 Å². The summed E-state index contributed by atoms with van der Waals surface area (Å²) in [5.41, 5.74) is -17.5. The first-order chi connectivity index (χ1) is 48.2. The summed E-state index contributed by atoms with van der Waals surface area (Å²) >= 11 is 0. The fourth-order valence-electron chi connectivity index (χ4n) is 14.5. The minimum Gasteiger partial charge on any atom is -0.476 e. The third kappa shape index (κ3) is 18.0. The zero-order valence-corrected chi connectivity index (χ0v) is 58.8. The van der Waals surface area contributed by atoms with E-state index in [1.165, 1.54) is 98.9 Å². The minimum atomic E-state index is -6.13. The van der Waals surface area contributed by atoms with Gasteiger partial charge in [0.25, 0.3) is 0 Å². The van der Waals surface area contributed by atoms with Crippen molar-refractivity contribution in [2.24, 2.45) is 4.99 Å². The van der Waals surface area contributed by atoms with Crippen LogP contribution in [0.3, 0.4) is 0 Å². The van der Waals surface area contributed by atoms with Gasteiger partial charge >= 0.3 is 49.4 Å². The second kappa shape index (κ2) is 30.4. The van der Waals surface area contributed by atoms with Crippen LogP contribution in [0.25, 0.3) is 0 Å². The third-order valence-electron chi connectivity index (χ3n) is 18.6. The number of ether oxygens (including phenoxy) is 1. The first-order valence-electron chi connectivity index (χ1n) is 32.2. The molecule has 0 saturated heterocycles. The predicted molar refractivity (Wildman–Crippen MR) is 351 cm³/mol. The van der Waals surface area contributed by atoms with E-state index in [4.69, 9.17) is 9.73 Å². The Labute approximate surface area is 603 Å². The molecule has 1 heterocycles. The van der Waals surface area contributed by atoms with Gasteiger partial charge in [0.05, 0.1) is 51.1 Å². The summed E-state index contributed by atoms with van der Waals surface area (Å²) in [6.07, 6.45) is -36.2. The van der Waals surface area contributed by atoms with E-state index in [0.29, 0.717) is 6.61 Å². The Balaban J connectivity index is 0.000000228. The molecule has 0 aromatic heterocycles. The number of nitrogens with zero attached hydrogens (tertiary/aromatic N) is 1. The number of fused-ring (bicyclic) bond motifs is 4. The maximum absolute atomic E-state index is 14.2. The maximum Gasteiger partial charge on any atom is 0.416 e. The first kappa shape index (κ1) is 81.8. The van der Waals surface area contributed by atoms with E-state index < -0.39 is 203 Å². The van der Waals surface area contributed by atoms with Crippen LogP contribution in [0.2, 0.25) is 0 Å². The fraction of sp³-hybridized carbons (Fsp3) is 0.303. The molecule has 29 heteroatoms. The molecule has 1 saturated carbocycles. The van der Waals surface area contributed by atoms with Crippen LogP contribution in [0.1, 0.15) is 133 Å². The van der Waals surface area contributed by atoms with Crippen LogP contribution in [-0.2, 0) is 92.5 Å². The van der Waals surface area contributed by atoms with Gasteiger partial charge in [-0.25, -0.2) is 4.99 Å². The van der Waals surface area contributed by atoms with E-state index in [0.717, 1.165) is 25.3 Å². The summed E-state index contributed by atoms with van der Waals surface area (Å²) < 4.78 is 347. The fourth-order valence-corrected chi connectivity index (χ4v) is 17.5. The topological polar surface area (TPSA) is 21.6 Å². The number of benzene rings is 8. The molecular weight excluding hydrogens is 1630 g/mol. The maximum atomic E-state index is 14.2. The van der Waals surface area contributed by atoms with Gasteiger partial charge in [0.2, 0.25) is 5.90 Å². The van der Waals surface area contributed by atoms with Crippen LogP contribution >= 0.6 is 7.92 Å². The molecule has 1 unspecified atom stereocenters. The molecule has 12 rings (SSSR count). The number of aliphatic imine (C=N–C) groups is 1. The van der Waals surface area contributed by atoms with Crippen molar-refractivity contribution in [2.75, 3.05) is 13.2 Å². The Kier molecular flexibility index (Phi) is 23.7. The van der Waals surface area contributed by atoms with E-state index in [-0.39, 0.29) is 25.5 Å². The molecule has 8 aromatic rings. The van der Waals surface area contributed by atoms with Crippen molar-refractivity contribution >= 4 is 57.7 Å². The molecule has 1 aliphatic heterocycles. The van der Waals surface area contributed by atoms with Gasteiger partial charge in [0, 0.05) is 31.1 Å². The SMILES string of the molecule is Cc1cc(C)cc(P(c2cc(C)cc(C)c2)c2cccc3c2C2(CCc4cccc(C5=NCCO5)c42)CC3)c1.FC(F)(F)c1cc([B-](c2cc(C(F)(F)F)cc(C(F)(F)F)c2)(c2cc(C(F)(F)F)cc(C(F)(F)F)c2)c2cc(C(F)(F)F)cc(C(F)(F)F)c2)cc(C(F)(F)F)c1.[CH]1[CH]CC[CH][CH]CC1.[Ir]. The molecule has 4 aliphatic rings. The normalized spacial score (nSPS) is 16.8. The molecule has 1 spiro atoms. The van der Waals surface area contributed by atoms with E-state index >= 15 is 0 Å². The van der Waals surface area contributed by atoms with Crippen molar-refractivity contribution in [3.8, 4) is 0 Å². The van der Waals surface area contributed by atoms with E-state index in [1.807, 2.05) is 0 Å².